The molecule has 0 aromatic heterocycles. The van der Waals surface area contributed by atoms with Gasteiger partial charge in [-0.2, -0.15) is 13.2 Å². The lowest BCUT2D eigenvalue weighted by molar-refractivity contribution is -0.137. The molecule has 1 aliphatic rings. The van der Waals surface area contributed by atoms with E-state index in [9.17, 15) is 22.4 Å². The van der Waals surface area contributed by atoms with Gasteiger partial charge < -0.3 is 10.1 Å². The zero-order chi connectivity index (χ0) is 19.8. The first-order valence-corrected chi connectivity index (χ1v) is 8.51. The predicted octanol–water partition coefficient (Wildman–Crippen LogP) is 4.83. The Morgan fingerprint density at radius 3 is 2.44 bits per heavy atom. The van der Waals surface area contributed by atoms with Crippen LogP contribution in [0.5, 0.6) is 5.75 Å². The van der Waals surface area contributed by atoms with Crippen LogP contribution in [0.25, 0.3) is 0 Å². The van der Waals surface area contributed by atoms with E-state index in [1.807, 2.05) is 0 Å². The van der Waals surface area contributed by atoms with E-state index in [0.717, 1.165) is 12.1 Å². The first kappa shape index (κ1) is 19.2. The second-order valence-electron chi connectivity index (χ2n) is 6.69. The van der Waals surface area contributed by atoms with Crippen molar-refractivity contribution < 1.29 is 27.1 Å². The van der Waals surface area contributed by atoms with Crippen LogP contribution in [0.4, 0.5) is 17.6 Å². The van der Waals surface area contributed by atoms with Crippen molar-refractivity contribution in [3.05, 3.63) is 65.0 Å². The van der Waals surface area contributed by atoms with Gasteiger partial charge >= 0.3 is 6.18 Å². The summed E-state index contributed by atoms with van der Waals surface area (Å²) in [5.41, 5.74) is 0.524. The number of methoxy groups -OCH3 is 1. The number of hydrogen-bond donors (Lipinski definition) is 1. The zero-order valence-corrected chi connectivity index (χ0v) is 14.8. The summed E-state index contributed by atoms with van der Waals surface area (Å²) in [6, 6.07) is 8.51. The Bertz CT molecular complexity index is 833. The molecule has 7 heteroatoms. The third-order valence-electron chi connectivity index (χ3n) is 4.81. The fourth-order valence-electron chi connectivity index (χ4n) is 3.21. The van der Waals surface area contributed by atoms with E-state index >= 15 is 0 Å². The van der Waals surface area contributed by atoms with E-state index in [1.54, 1.807) is 6.92 Å². The van der Waals surface area contributed by atoms with E-state index in [-0.39, 0.29) is 17.7 Å². The Morgan fingerprint density at radius 1 is 1.19 bits per heavy atom. The molecule has 0 radical (unpaired) electrons. The second-order valence-corrected chi connectivity index (χ2v) is 6.69. The number of nitrogens with one attached hydrogen (secondary N) is 1. The summed E-state index contributed by atoms with van der Waals surface area (Å²) in [6.45, 7) is 1.73. The van der Waals surface area contributed by atoms with E-state index in [4.69, 9.17) is 4.74 Å². The van der Waals surface area contributed by atoms with Crippen molar-refractivity contribution in [3.8, 4) is 5.75 Å². The van der Waals surface area contributed by atoms with Gasteiger partial charge in [0.05, 0.1) is 18.7 Å². The summed E-state index contributed by atoms with van der Waals surface area (Å²) in [4.78, 5) is 12.5. The molecule has 0 aliphatic heterocycles. The Kier molecular flexibility index (Phi) is 5.13. The summed E-state index contributed by atoms with van der Waals surface area (Å²) in [7, 11) is 1.47. The highest BCUT2D eigenvalue weighted by Gasteiger charge is 2.44. The number of hydrogen-bond acceptors (Lipinski definition) is 2. The highest BCUT2D eigenvalue weighted by molar-refractivity contribution is 5.83. The smallest absolute Gasteiger partial charge is 0.416 e. The largest absolute Gasteiger partial charge is 0.496 e. The van der Waals surface area contributed by atoms with Crippen molar-refractivity contribution in [1.82, 2.24) is 5.32 Å². The lowest BCUT2D eigenvalue weighted by atomic mass is 10.0. The lowest BCUT2D eigenvalue weighted by Gasteiger charge is -2.17. The van der Waals surface area contributed by atoms with Gasteiger partial charge in [-0.15, -0.1) is 0 Å². The molecule has 1 N–H and O–H groups in total. The Morgan fingerprint density at radius 2 is 1.85 bits per heavy atom. The number of carbonyl (C=O) groups is 1. The summed E-state index contributed by atoms with van der Waals surface area (Å²) >= 11 is 0. The number of rotatable bonds is 5. The summed E-state index contributed by atoms with van der Waals surface area (Å²) in [5.74, 6) is -0.573. The molecule has 1 fully saturated rings. The molecule has 27 heavy (non-hydrogen) atoms. The van der Waals surface area contributed by atoms with Crippen molar-refractivity contribution in [2.45, 2.75) is 31.5 Å². The molecule has 0 heterocycles. The predicted molar refractivity (Wildman–Crippen MR) is 91.8 cm³/mol. The number of ether oxygens (including phenoxy) is 1. The van der Waals surface area contributed by atoms with Crippen LogP contribution in [0.3, 0.4) is 0 Å². The average molecular weight is 381 g/mol. The number of carbonyl (C=O) groups excluding carboxylic acids is 1. The van der Waals surface area contributed by atoms with Crippen molar-refractivity contribution in [1.29, 1.82) is 0 Å². The Labute approximate surface area is 154 Å². The highest BCUT2D eigenvalue weighted by atomic mass is 19.4. The molecule has 2 aromatic carbocycles. The number of alkyl halides is 3. The molecule has 1 saturated carbocycles. The first-order chi connectivity index (χ1) is 12.7. The molecule has 2 aromatic rings. The van der Waals surface area contributed by atoms with Crippen LogP contribution in [-0.4, -0.2) is 13.0 Å². The molecule has 3 nitrogen and oxygen atoms in total. The van der Waals surface area contributed by atoms with Gasteiger partial charge in [0.2, 0.25) is 5.91 Å². The van der Waals surface area contributed by atoms with Crippen LogP contribution in [-0.2, 0) is 11.0 Å². The van der Waals surface area contributed by atoms with Crippen LogP contribution in [0, 0.1) is 11.7 Å². The fraction of sp³-hybridized carbons (Fsp3) is 0.350. The van der Waals surface area contributed by atoms with Crippen LogP contribution in [0.2, 0.25) is 0 Å². The Hall–Kier alpha value is -2.57. The van der Waals surface area contributed by atoms with Crippen molar-refractivity contribution in [2.75, 3.05) is 7.11 Å². The third-order valence-corrected chi connectivity index (χ3v) is 4.81. The maximum Gasteiger partial charge on any atom is 0.416 e. The highest BCUT2D eigenvalue weighted by Crippen LogP contribution is 2.48. The summed E-state index contributed by atoms with van der Waals surface area (Å²) in [5, 5.41) is 2.83. The van der Waals surface area contributed by atoms with Gasteiger partial charge in [-0.05, 0) is 55.2 Å². The van der Waals surface area contributed by atoms with E-state index in [1.165, 1.54) is 37.4 Å². The Balaban J connectivity index is 1.64. The molecule has 0 bridgehead atoms. The van der Waals surface area contributed by atoms with Gasteiger partial charge in [0.25, 0.3) is 0 Å². The number of amides is 1. The standard InChI is InChI=1S/C20H19F4NO2/c1-11(15-9-14(21)7-8-18(15)27-2)25-19(26)17-10-16(17)12-3-5-13(6-4-12)20(22,23)24/h3-9,11,16-17H,10H2,1-2H3,(H,25,26). The molecular weight excluding hydrogens is 362 g/mol. The van der Waals surface area contributed by atoms with E-state index in [0.29, 0.717) is 23.3 Å². The zero-order valence-electron chi connectivity index (χ0n) is 14.8. The van der Waals surface area contributed by atoms with Gasteiger partial charge in [0.15, 0.2) is 0 Å². The summed E-state index contributed by atoms with van der Waals surface area (Å²) < 4.78 is 56.6. The fourth-order valence-corrected chi connectivity index (χ4v) is 3.21. The van der Waals surface area contributed by atoms with Gasteiger partial charge in [-0.3, -0.25) is 4.79 Å². The molecule has 0 spiro atoms. The van der Waals surface area contributed by atoms with Crippen LogP contribution in [0.15, 0.2) is 42.5 Å². The molecule has 1 amide bonds. The minimum Gasteiger partial charge on any atom is -0.496 e. The van der Waals surface area contributed by atoms with E-state index < -0.39 is 23.6 Å². The first-order valence-electron chi connectivity index (χ1n) is 8.51. The van der Waals surface area contributed by atoms with Gasteiger partial charge in [0, 0.05) is 11.5 Å². The maximum absolute atomic E-state index is 13.5. The molecule has 144 valence electrons. The number of halogens is 4. The molecule has 3 atom stereocenters. The van der Waals surface area contributed by atoms with Gasteiger partial charge in [-0.25, -0.2) is 4.39 Å². The molecular formula is C20H19F4NO2. The minimum atomic E-state index is -4.38. The average Bonchev–Trinajstić information content (AvgIpc) is 3.42. The normalized spacial score (nSPS) is 20.1. The van der Waals surface area contributed by atoms with Crippen LogP contribution < -0.4 is 10.1 Å². The molecule has 3 rings (SSSR count). The second kappa shape index (κ2) is 7.21. The van der Waals surface area contributed by atoms with Crippen molar-refractivity contribution in [3.63, 3.8) is 0 Å². The van der Waals surface area contributed by atoms with Gasteiger partial charge in [0.1, 0.15) is 11.6 Å². The number of benzene rings is 2. The van der Waals surface area contributed by atoms with Crippen molar-refractivity contribution >= 4 is 5.91 Å². The maximum atomic E-state index is 13.5. The minimum absolute atomic E-state index is 0.103. The topological polar surface area (TPSA) is 38.3 Å². The monoisotopic (exact) mass is 381 g/mol. The molecule has 0 saturated heterocycles. The molecule has 3 unspecified atom stereocenters. The summed E-state index contributed by atoms with van der Waals surface area (Å²) in [6.07, 6.45) is -3.80. The molecule has 1 aliphatic carbocycles. The van der Waals surface area contributed by atoms with Gasteiger partial charge in [-0.1, -0.05) is 12.1 Å². The SMILES string of the molecule is COc1ccc(F)cc1C(C)NC(=O)C1CC1c1ccc(C(F)(F)F)cc1. The lowest BCUT2D eigenvalue weighted by Crippen LogP contribution is -2.28. The van der Waals surface area contributed by atoms with E-state index in [2.05, 4.69) is 5.32 Å². The third kappa shape index (κ3) is 4.23. The van der Waals surface area contributed by atoms with Crippen LogP contribution >= 0.6 is 0 Å². The quantitative estimate of drug-likeness (QED) is 0.753. The van der Waals surface area contributed by atoms with Crippen molar-refractivity contribution in [2.24, 2.45) is 5.92 Å². The van der Waals surface area contributed by atoms with Crippen LogP contribution in [0.1, 0.15) is 42.0 Å².